The topological polar surface area (TPSA) is 99.4 Å². The van der Waals surface area contributed by atoms with Crippen LogP contribution in [0.15, 0.2) is 60.7 Å². The first-order valence-corrected chi connectivity index (χ1v) is 9.90. The van der Waals surface area contributed by atoms with E-state index in [0.717, 1.165) is 10.8 Å². The highest BCUT2D eigenvalue weighted by Gasteiger charge is 2.44. The summed E-state index contributed by atoms with van der Waals surface area (Å²) in [5.41, 5.74) is 1.30. The standard InChI is InChI=1S/C24H23FO6/c25-18-7-3-4-14(10-18)8-9-17-11-15-5-1-2-6-16(15)12-19(17)30-24-23(29)22(28)21(27)20(13-26)31-24/h1-12,20-24,26-29H,13H2/b9-8+/t20-,21-,22+,23-,24-/m1/s1. The van der Waals surface area contributed by atoms with Crippen molar-refractivity contribution in [3.8, 4) is 5.75 Å². The predicted molar refractivity (Wildman–Crippen MR) is 114 cm³/mol. The summed E-state index contributed by atoms with van der Waals surface area (Å²) in [4.78, 5) is 0. The van der Waals surface area contributed by atoms with Crippen LogP contribution in [0.3, 0.4) is 0 Å². The van der Waals surface area contributed by atoms with E-state index in [1.54, 1.807) is 30.4 Å². The molecule has 4 rings (SSSR count). The summed E-state index contributed by atoms with van der Waals surface area (Å²) in [5.74, 6) is 0.00846. The summed E-state index contributed by atoms with van der Waals surface area (Å²) in [6.45, 7) is -0.547. The molecule has 0 amide bonds. The molecule has 1 aliphatic rings. The van der Waals surface area contributed by atoms with Crippen LogP contribution in [0.1, 0.15) is 11.1 Å². The second kappa shape index (κ2) is 9.13. The summed E-state index contributed by atoms with van der Waals surface area (Å²) in [5, 5.41) is 41.6. The van der Waals surface area contributed by atoms with Crippen molar-refractivity contribution in [2.75, 3.05) is 6.61 Å². The van der Waals surface area contributed by atoms with Crippen molar-refractivity contribution in [2.24, 2.45) is 0 Å². The maximum absolute atomic E-state index is 13.5. The molecule has 1 aliphatic heterocycles. The fourth-order valence-electron chi connectivity index (χ4n) is 3.56. The van der Waals surface area contributed by atoms with E-state index in [0.29, 0.717) is 16.9 Å². The Morgan fingerprint density at radius 3 is 2.32 bits per heavy atom. The molecule has 0 spiro atoms. The van der Waals surface area contributed by atoms with Crippen LogP contribution in [0, 0.1) is 5.82 Å². The van der Waals surface area contributed by atoms with Gasteiger partial charge in [-0.25, -0.2) is 4.39 Å². The smallest absolute Gasteiger partial charge is 0.229 e. The lowest BCUT2D eigenvalue weighted by molar-refractivity contribution is -0.277. The van der Waals surface area contributed by atoms with E-state index < -0.39 is 37.3 Å². The number of fused-ring (bicyclic) bond motifs is 1. The monoisotopic (exact) mass is 426 g/mol. The number of halogens is 1. The van der Waals surface area contributed by atoms with E-state index in [2.05, 4.69) is 0 Å². The molecule has 0 radical (unpaired) electrons. The lowest BCUT2D eigenvalue weighted by Crippen LogP contribution is -2.60. The third-order valence-electron chi connectivity index (χ3n) is 5.27. The van der Waals surface area contributed by atoms with Crippen molar-refractivity contribution >= 4 is 22.9 Å². The van der Waals surface area contributed by atoms with Gasteiger partial charge in [-0.2, -0.15) is 0 Å². The lowest BCUT2D eigenvalue weighted by Gasteiger charge is -2.39. The number of hydrogen-bond donors (Lipinski definition) is 4. The zero-order valence-corrected chi connectivity index (χ0v) is 16.5. The Labute approximate surface area is 178 Å². The third-order valence-corrected chi connectivity index (χ3v) is 5.27. The molecule has 3 aromatic carbocycles. The molecule has 4 N–H and O–H groups in total. The Balaban J connectivity index is 1.69. The quantitative estimate of drug-likeness (QED) is 0.468. The Bertz CT molecular complexity index is 1080. The SMILES string of the molecule is OC[C@H]1O[C@@H](Oc2cc3ccccc3cc2/C=C/c2cccc(F)c2)[C@H](O)[C@@H](O)[C@@H]1O. The minimum Gasteiger partial charge on any atom is -0.461 e. The highest BCUT2D eigenvalue weighted by atomic mass is 19.1. The van der Waals surface area contributed by atoms with Crippen LogP contribution in [0.4, 0.5) is 4.39 Å². The molecule has 3 aromatic rings. The van der Waals surface area contributed by atoms with E-state index in [-0.39, 0.29) is 5.82 Å². The van der Waals surface area contributed by atoms with Crippen molar-refractivity contribution in [1.82, 2.24) is 0 Å². The van der Waals surface area contributed by atoms with Crippen LogP contribution in [-0.2, 0) is 4.74 Å². The molecule has 0 aromatic heterocycles. The molecular weight excluding hydrogens is 403 g/mol. The van der Waals surface area contributed by atoms with Gasteiger partial charge in [0, 0.05) is 5.56 Å². The molecular formula is C24H23FO6. The van der Waals surface area contributed by atoms with Crippen LogP contribution in [0.25, 0.3) is 22.9 Å². The zero-order valence-electron chi connectivity index (χ0n) is 16.5. The van der Waals surface area contributed by atoms with E-state index in [9.17, 15) is 24.8 Å². The van der Waals surface area contributed by atoms with E-state index in [4.69, 9.17) is 9.47 Å². The number of benzene rings is 3. The molecule has 1 heterocycles. The molecule has 31 heavy (non-hydrogen) atoms. The molecule has 6 nitrogen and oxygen atoms in total. The normalized spacial score (nSPS) is 26.4. The fraction of sp³-hybridized carbons (Fsp3) is 0.250. The van der Waals surface area contributed by atoms with Gasteiger partial charge in [0.15, 0.2) is 0 Å². The largest absolute Gasteiger partial charge is 0.461 e. The van der Waals surface area contributed by atoms with Gasteiger partial charge in [-0.3, -0.25) is 0 Å². The van der Waals surface area contributed by atoms with Gasteiger partial charge >= 0.3 is 0 Å². The first-order valence-electron chi connectivity index (χ1n) is 9.90. The lowest BCUT2D eigenvalue weighted by atomic mass is 9.99. The summed E-state index contributed by atoms with van der Waals surface area (Å²) < 4.78 is 24.9. The summed E-state index contributed by atoms with van der Waals surface area (Å²) in [7, 11) is 0. The van der Waals surface area contributed by atoms with Crippen molar-refractivity contribution in [3.63, 3.8) is 0 Å². The van der Waals surface area contributed by atoms with Crippen LogP contribution in [0.2, 0.25) is 0 Å². The van der Waals surface area contributed by atoms with Gasteiger partial charge in [-0.15, -0.1) is 0 Å². The summed E-state index contributed by atoms with van der Waals surface area (Å²) in [6, 6.07) is 17.4. The number of aliphatic hydroxyl groups excluding tert-OH is 4. The molecule has 0 saturated carbocycles. The average Bonchev–Trinajstić information content (AvgIpc) is 2.78. The second-order valence-corrected chi connectivity index (χ2v) is 7.44. The van der Waals surface area contributed by atoms with Gasteiger partial charge < -0.3 is 29.9 Å². The minimum absolute atomic E-state index is 0.349. The fourth-order valence-corrected chi connectivity index (χ4v) is 3.56. The van der Waals surface area contributed by atoms with Crippen molar-refractivity contribution in [3.05, 3.63) is 77.6 Å². The molecule has 5 atom stereocenters. The second-order valence-electron chi connectivity index (χ2n) is 7.44. The highest BCUT2D eigenvalue weighted by molar-refractivity contribution is 5.88. The van der Waals surface area contributed by atoms with Crippen molar-refractivity contribution in [1.29, 1.82) is 0 Å². The molecule has 0 aliphatic carbocycles. The van der Waals surface area contributed by atoms with E-state index in [1.165, 1.54) is 12.1 Å². The number of hydrogen-bond acceptors (Lipinski definition) is 6. The molecule has 1 saturated heterocycles. The van der Waals surface area contributed by atoms with Crippen LogP contribution < -0.4 is 4.74 Å². The summed E-state index contributed by atoms with van der Waals surface area (Å²) in [6.07, 6.45) is -3.43. The first-order chi connectivity index (χ1) is 15.0. The van der Waals surface area contributed by atoms with Crippen molar-refractivity contribution < 1.29 is 34.3 Å². The molecule has 0 bridgehead atoms. The molecule has 1 fully saturated rings. The minimum atomic E-state index is -1.54. The van der Waals surface area contributed by atoms with Gasteiger partial charge in [0.2, 0.25) is 6.29 Å². The number of ether oxygens (including phenoxy) is 2. The van der Waals surface area contributed by atoms with Gasteiger partial charge in [0.05, 0.1) is 6.61 Å². The molecule has 7 heteroatoms. The van der Waals surface area contributed by atoms with Crippen LogP contribution in [0.5, 0.6) is 5.75 Å². The number of rotatable bonds is 5. The first kappa shape index (κ1) is 21.4. The van der Waals surface area contributed by atoms with Gasteiger partial charge in [-0.1, -0.05) is 48.6 Å². The zero-order chi connectivity index (χ0) is 22.0. The van der Waals surface area contributed by atoms with Gasteiger partial charge in [0.1, 0.15) is 36.0 Å². The van der Waals surface area contributed by atoms with Crippen molar-refractivity contribution in [2.45, 2.75) is 30.7 Å². The number of aliphatic hydroxyl groups is 4. The highest BCUT2D eigenvalue weighted by Crippen LogP contribution is 2.31. The average molecular weight is 426 g/mol. The van der Waals surface area contributed by atoms with Gasteiger partial charge in [-0.05, 0) is 40.6 Å². The Morgan fingerprint density at radius 1 is 0.871 bits per heavy atom. The van der Waals surface area contributed by atoms with Crippen LogP contribution >= 0.6 is 0 Å². The third kappa shape index (κ3) is 4.61. The maximum atomic E-state index is 13.5. The Morgan fingerprint density at radius 2 is 1.61 bits per heavy atom. The van der Waals surface area contributed by atoms with Gasteiger partial charge in [0.25, 0.3) is 0 Å². The predicted octanol–water partition coefficient (Wildman–Crippen LogP) is 2.33. The Kier molecular flexibility index (Phi) is 6.31. The summed E-state index contributed by atoms with van der Waals surface area (Å²) >= 11 is 0. The van der Waals surface area contributed by atoms with Crippen LogP contribution in [-0.4, -0.2) is 57.7 Å². The van der Waals surface area contributed by atoms with E-state index >= 15 is 0 Å². The Hall–Kier alpha value is -2.81. The maximum Gasteiger partial charge on any atom is 0.229 e. The van der Waals surface area contributed by atoms with E-state index in [1.807, 2.05) is 30.3 Å². The molecule has 0 unspecified atom stereocenters. The molecule has 162 valence electrons.